The third-order valence-electron chi connectivity index (χ3n) is 2.32. The van der Waals surface area contributed by atoms with Crippen molar-refractivity contribution in [2.75, 3.05) is 26.4 Å². The number of ether oxygens (including phenoxy) is 2. The molecule has 0 bridgehead atoms. The third kappa shape index (κ3) is 3.09. The highest BCUT2D eigenvalue weighted by molar-refractivity contribution is 4.94. The molecule has 3 nitrogen and oxygen atoms in total. The Morgan fingerprint density at radius 1 is 1.25 bits per heavy atom. The Morgan fingerprint density at radius 3 is 2.50 bits per heavy atom. The maximum Gasteiger partial charge on any atom is 0.0708 e. The molecule has 1 fully saturated rings. The molecule has 1 saturated carbocycles. The van der Waals surface area contributed by atoms with Crippen LogP contribution in [0.2, 0.25) is 0 Å². The Hall–Kier alpha value is -0.120. The largest absolute Gasteiger partial charge is 0.394 e. The van der Waals surface area contributed by atoms with Crippen molar-refractivity contribution in [3.8, 4) is 0 Å². The monoisotopic (exact) mass is 174 g/mol. The van der Waals surface area contributed by atoms with Gasteiger partial charge in [0.1, 0.15) is 0 Å². The summed E-state index contributed by atoms with van der Waals surface area (Å²) in [5.74, 6) is 0. The summed E-state index contributed by atoms with van der Waals surface area (Å²) in [4.78, 5) is 0. The SMILES string of the molecule is CCC1(OCCOCCO)CC1. The molecule has 0 radical (unpaired) electrons. The van der Waals surface area contributed by atoms with Gasteiger partial charge in [-0.3, -0.25) is 0 Å². The van der Waals surface area contributed by atoms with Crippen LogP contribution < -0.4 is 0 Å². The van der Waals surface area contributed by atoms with Crippen LogP contribution in [0.1, 0.15) is 26.2 Å². The lowest BCUT2D eigenvalue weighted by atomic mass is 10.2. The van der Waals surface area contributed by atoms with Crippen molar-refractivity contribution in [2.24, 2.45) is 0 Å². The molecule has 1 aliphatic carbocycles. The topological polar surface area (TPSA) is 38.7 Å². The zero-order valence-electron chi connectivity index (χ0n) is 7.71. The van der Waals surface area contributed by atoms with E-state index in [2.05, 4.69) is 6.92 Å². The van der Waals surface area contributed by atoms with Gasteiger partial charge in [-0.1, -0.05) is 6.92 Å². The molecule has 0 heterocycles. The molecule has 3 heteroatoms. The fourth-order valence-electron chi connectivity index (χ4n) is 1.22. The maximum atomic E-state index is 8.42. The smallest absolute Gasteiger partial charge is 0.0708 e. The fraction of sp³-hybridized carbons (Fsp3) is 1.00. The van der Waals surface area contributed by atoms with Gasteiger partial charge in [0, 0.05) is 0 Å². The molecule has 0 unspecified atom stereocenters. The van der Waals surface area contributed by atoms with Crippen LogP contribution in [-0.4, -0.2) is 37.1 Å². The minimum Gasteiger partial charge on any atom is -0.394 e. The van der Waals surface area contributed by atoms with Gasteiger partial charge in [-0.05, 0) is 19.3 Å². The molecule has 1 N–H and O–H groups in total. The van der Waals surface area contributed by atoms with Crippen LogP contribution in [0.3, 0.4) is 0 Å². The predicted molar refractivity (Wildman–Crippen MR) is 46.1 cm³/mol. The number of hydrogen-bond acceptors (Lipinski definition) is 3. The molecular formula is C9H18O3. The molecule has 0 aromatic rings. The summed E-state index contributed by atoms with van der Waals surface area (Å²) in [5.41, 5.74) is 0.197. The van der Waals surface area contributed by atoms with Crippen LogP contribution in [0.25, 0.3) is 0 Å². The molecule has 0 spiro atoms. The fourth-order valence-corrected chi connectivity index (χ4v) is 1.22. The van der Waals surface area contributed by atoms with Crippen LogP contribution in [-0.2, 0) is 9.47 Å². The highest BCUT2D eigenvalue weighted by Gasteiger charge is 2.41. The van der Waals surface area contributed by atoms with E-state index in [0.717, 1.165) is 6.42 Å². The zero-order chi connectivity index (χ0) is 8.86. The van der Waals surface area contributed by atoms with Crippen LogP contribution >= 0.6 is 0 Å². The van der Waals surface area contributed by atoms with Gasteiger partial charge in [-0.25, -0.2) is 0 Å². The summed E-state index contributed by atoms with van der Waals surface area (Å²) in [5, 5.41) is 8.42. The molecule has 0 amide bonds. The lowest BCUT2D eigenvalue weighted by Crippen LogP contribution is -2.17. The van der Waals surface area contributed by atoms with Gasteiger partial charge in [0.05, 0.1) is 32.0 Å². The molecule has 72 valence electrons. The first-order chi connectivity index (χ1) is 5.83. The van der Waals surface area contributed by atoms with E-state index in [1.807, 2.05) is 0 Å². The Labute approximate surface area is 73.7 Å². The Balaban J connectivity index is 1.89. The first-order valence-electron chi connectivity index (χ1n) is 4.65. The molecule has 0 saturated heterocycles. The number of hydrogen-bond donors (Lipinski definition) is 1. The van der Waals surface area contributed by atoms with E-state index in [0.29, 0.717) is 19.8 Å². The molecule has 12 heavy (non-hydrogen) atoms. The maximum absolute atomic E-state index is 8.42. The predicted octanol–water partition coefficient (Wildman–Crippen LogP) is 0.954. The Kier molecular flexibility index (Phi) is 3.98. The molecule has 0 aromatic carbocycles. The van der Waals surface area contributed by atoms with Crippen LogP contribution in [0.5, 0.6) is 0 Å². The second kappa shape index (κ2) is 4.80. The molecule has 0 aliphatic heterocycles. The first-order valence-corrected chi connectivity index (χ1v) is 4.65. The second-order valence-electron chi connectivity index (χ2n) is 3.22. The lowest BCUT2D eigenvalue weighted by molar-refractivity contribution is -0.0165. The summed E-state index contributed by atoms with van der Waals surface area (Å²) in [6, 6.07) is 0. The molecule has 1 rings (SSSR count). The average molecular weight is 174 g/mol. The van der Waals surface area contributed by atoms with Gasteiger partial charge < -0.3 is 14.6 Å². The minimum atomic E-state index is 0.0962. The van der Waals surface area contributed by atoms with Crippen molar-refractivity contribution in [3.05, 3.63) is 0 Å². The second-order valence-corrected chi connectivity index (χ2v) is 3.22. The van der Waals surface area contributed by atoms with Crippen molar-refractivity contribution >= 4 is 0 Å². The zero-order valence-corrected chi connectivity index (χ0v) is 7.71. The highest BCUT2D eigenvalue weighted by Crippen LogP contribution is 2.42. The third-order valence-corrected chi connectivity index (χ3v) is 2.32. The van der Waals surface area contributed by atoms with Gasteiger partial charge in [-0.2, -0.15) is 0 Å². The minimum absolute atomic E-state index is 0.0962. The van der Waals surface area contributed by atoms with Crippen LogP contribution in [0.15, 0.2) is 0 Å². The van der Waals surface area contributed by atoms with Gasteiger partial charge >= 0.3 is 0 Å². The Morgan fingerprint density at radius 2 is 2.00 bits per heavy atom. The quantitative estimate of drug-likeness (QED) is 0.584. The molecule has 1 aliphatic rings. The van der Waals surface area contributed by atoms with E-state index in [4.69, 9.17) is 14.6 Å². The van der Waals surface area contributed by atoms with E-state index < -0.39 is 0 Å². The molecular weight excluding hydrogens is 156 g/mol. The number of rotatable bonds is 7. The summed E-state index contributed by atoms with van der Waals surface area (Å²) < 4.78 is 10.7. The van der Waals surface area contributed by atoms with Crippen molar-refractivity contribution in [1.29, 1.82) is 0 Å². The summed E-state index contributed by atoms with van der Waals surface area (Å²) >= 11 is 0. The highest BCUT2D eigenvalue weighted by atomic mass is 16.5. The van der Waals surface area contributed by atoms with Crippen molar-refractivity contribution in [3.63, 3.8) is 0 Å². The molecule has 0 aromatic heterocycles. The van der Waals surface area contributed by atoms with E-state index in [1.165, 1.54) is 12.8 Å². The van der Waals surface area contributed by atoms with E-state index in [9.17, 15) is 0 Å². The van der Waals surface area contributed by atoms with E-state index in [1.54, 1.807) is 0 Å². The Bertz CT molecular complexity index is 121. The van der Waals surface area contributed by atoms with Crippen molar-refractivity contribution in [2.45, 2.75) is 31.8 Å². The lowest BCUT2D eigenvalue weighted by Gasteiger charge is -2.13. The van der Waals surface area contributed by atoms with Crippen LogP contribution in [0.4, 0.5) is 0 Å². The average Bonchev–Trinajstić information content (AvgIpc) is 2.85. The van der Waals surface area contributed by atoms with Crippen molar-refractivity contribution in [1.82, 2.24) is 0 Å². The molecule has 0 atom stereocenters. The van der Waals surface area contributed by atoms with Crippen molar-refractivity contribution < 1.29 is 14.6 Å². The van der Waals surface area contributed by atoms with Crippen LogP contribution in [0, 0.1) is 0 Å². The first kappa shape index (κ1) is 9.96. The number of aliphatic hydroxyl groups excluding tert-OH is 1. The summed E-state index contributed by atoms with van der Waals surface area (Å²) in [6.45, 7) is 3.93. The van der Waals surface area contributed by atoms with Gasteiger partial charge in [0.2, 0.25) is 0 Å². The summed E-state index contributed by atoms with van der Waals surface area (Å²) in [7, 11) is 0. The van der Waals surface area contributed by atoms with Gasteiger partial charge in [-0.15, -0.1) is 0 Å². The van der Waals surface area contributed by atoms with Gasteiger partial charge in [0.25, 0.3) is 0 Å². The van der Waals surface area contributed by atoms with Gasteiger partial charge in [0.15, 0.2) is 0 Å². The number of aliphatic hydroxyl groups is 1. The van der Waals surface area contributed by atoms with E-state index >= 15 is 0 Å². The standard InChI is InChI=1S/C9H18O3/c1-2-9(3-4-9)12-8-7-11-6-5-10/h10H,2-8H2,1H3. The normalized spacial score (nSPS) is 19.5. The van der Waals surface area contributed by atoms with E-state index in [-0.39, 0.29) is 12.2 Å². The summed E-state index contributed by atoms with van der Waals surface area (Å²) in [6.07, 6.45) is 3.50.